The number of rotatable bonds is 2. The SMILES string of the molecule is COc1ccc(C2(C#N)CC2)cc1I. The summed E-state index contributed by atoms with van der Waals surface area (Å²) in [6.07, 6.45) is 1.98. The Labute approximate surface area is 97.0 Å². The summed E-state index contributed by atoms with van der Waals surface area (Å²) < 4.78 is 6.25. The molecule has 3 heteroatoms. The highest BCUT2D eigenvalue weighted by molar-refractivity contribution is 14.1. The van der Waals surface area contributed by atoms with E-state index in [9.17, 15) is 0 Å². The van der Waals surface area contributed by atoms with Gasteiger partial charge in [-0.3, -0.25) is 0 Å². The van der Waals surface area contributed by atoms with Crippen molar-refractivity contribution in [2.45, 2.75) is 18.3 Å². The number of benzene rings is 1. The fourth-order valence-corrected chi connectivity index (χ4v) is 2.29. The van der Waals surface area contributed by atoms with E-state index in [1.165, 1.54) is 0 Å². The lowest BCUT2D eigenvalue weighted by Crippen LogP contribution is -2.03. The molecule has 0 saturated heterocycles. The Morgan fingerprint density at radius 3 is 2.64 bits per heavy atom. The molecule has 1 fully saturated rings. The van der Waals surface area contributed by atoms with Gasteiger partial charge in [-0.15, -0.1) is 0 Å². The molecule has 2 nitrogen and oxygen atoms in total. The van der Waals surface area contributed by atoms with Gasteiger partial charge in [0.2, 0.25) is 0 Å². The van der Waals surface area contributed by atoms with Gasteiger partial charge in [-0.25, -0.2) is 0 Å². The Morgan fingerprint density at radius 1 is 1.50 bits per heavy atom. The molecule has 0 amide bonds. The lowest BCUT2D eigenvalue weighted by molar-refractivity contribution is 0.411. The molecule has 2 rings (SSSR count). The van der Waals surface area contributed by atoms with Crippen molar-refractivity contribution in [2.75, 3.05) is 7.11 Å². The third-order valence-corrected chi connectivity index (χ3v) is 3.51. The maximum absolute atomic E-state index is 9.04. The number of nitriles is 1. The van der Waals surface area contributed by atoms with E-state index < -0.39 is 0 Å². The van der Waals surface area contributed by atoms with Gasteiger partial charge in [0.1, 0.15) is 5.75 Å². The van der Waals surface area contributed by atoms with Gasteiger partial charge in [0.05, 0.1) is 22.2 Å². The standard InChI is InChI=1S/C11H10INO/c1-14-10-3-2-8(6-9(10)12)11(7-13)4-5-11/h2-3,6H,4-5H2,1H3. The Morgan fingerprint density at radius 2 is 2.21 bits per heavy atom. The minimum Gasteiger partial charge on any atom is -0.496 e. The molecule has 0 spiro atoms. The minimum absolute atomic E-state index is 0.188. The highest BCUT2D eigenvalue weighted by Crippen LogP contribution is 2.48. The number of hydrogen-bond donors (Lipinski definition) is 0. The normalized spacial score (nSPS) is 17.2. The van der Waals surface area contributed by atoms with Crippen LogP contribution in [0.1, 0.15) is 18.4 Å². The predicted octanol–water partition coefficient (Wildman–Crippen LogP) is 2.85. The summed E-state index contributed by atoms with van der Waals surface area (Å²) in [6.45, 7) is 0. The first-order valence-electron chi connectivity index (χ1n) is 4.47. The summed E-state index contributed by atoms with van der Waals surface area (Å²) >= 11 is 2.24. The summed E-state index contributed by atoms with van der Waals surface area (Å²) in [5.41, 5.74) is 0.942. The number of hydrogen-bond acceptors (Lipinski definition) is 2. The van der Waals surface area contributed by atoms with Gasteiger partial charge in [0, 0.05) is 0 Å². The Bertz CT molecular complexity index is 404. The van der Waals surface area contributed by atoms with Crippen molar-refractivity contribution in [3.8, 4) is 11.8 Å². The van der Waals surface area contributed by atoms with Gasteiger partial charge in [-0.05, 0) is 53.1 Å². The van der Waals surface area contributed by atoms with Crippen LogP contribution in [-0.2, 0) is 5.41 Å². The predicted molar refractivity (Wildman–Crippen MR) is 62.2 cm³/mol. The Kier molecular flexibility index (Phi) is 2.40. The second kappa shape index (κ2) is 3.43. The van der Waals surface area contributed by atoms with Gasteiger partial charge >= 0.3 is 0 Å². The highest BCUT2D eigenvalue weighted by atomic mass is 127. The first-order chi connectivity index (χ1) is 6.72. The van der Waals surface area contributed by atoms with Crippen LogP contribution in [0.4, 0.5) is 0 Å². The van der Waals surface area contributed by atoms with Crippen molar-refractivity contribution >= 4 is 22.6 Å². The van der Waals surface area contributed by atoms with Gasteiger partial charge in [-0.2, -0.15) is 5.26 Å². The van der Waals surface area contributed by atoms with Crippen LogP contribution in [0.2, 0.25) is 0 Å². The van der Waals surface area contributed by atoms with Crippen LogP contribution in [0.3, 0.4) is 0 Å². The molecule has 1 aliphatic rings. The van der Waals surface area contributed by atoms with Gasteiger partial charge in [0.25, 0.3) is 0 Å². The number of nitrogens with zero attached hydrogens (tertiary/aromatic N) is 1. The topological polar surface area (TPSA) is 33.0 Å². The van der Waals surface area contributed by atoms with Crippen molar-refractivity contribution in [1.29, 1.82) is 5.26 Å². The molecule has 0 radical (unpaired) electrons. The molecule has 0 aliphatic heterocycles. The van der Waals surface area contributed by atoms with Crippen molar-refractivity contribution < 1.29 is 4.74 Å². The second-order valence-electron chi connectivity index (χ2n) is 3.54. The summed E-state index contributed by atoms with van der Waals surface area (Å²) in [7, 11) is 1.66. The minimum atomic E-state index is -0.188. The Hall–Kier alpha value is -0.760. The molecule has 0 unspecified atom stereocenters. The summed E-state index contributed by atoms with van der Waals surface area (Å²) in [4.78, 5) is 0. The van der Waals surface area contributed by atoms with Crippen molar-refractivity contribution in [3.63, 3.8) is 0 Å². The Balaban J connectivity index is 2.39. The number of ether oxygens (including phenoxy) is 1. The molecule has 0 N–H and O–H groups in total. The van der Waals surface area contributed by atoms with E-state index in [4.69, 9.17) is 10.00 Å². The lowest BCUT2D eigenvalue weighted by atomic mass is 9.98. The molecular weight excluding hydrogens is 289 g/mol. The number of methoxy groups -OCH3 is 1. The monoisotopic (exact) mass is 299 g/mol. The molecule has 0 bridgehead atoms. The molecule has 0 heterocycles. The molecule has 72 valence electrons. The first kappa shape index (κ1) is 9.78. The van der Waals surface area contributed by atoms with Crippen LogP contribution in [0, 0.1) is 14.9 Å². The molecule has 1 aromatic carbocycles. The van der Waals surface area contributed by atoms with Crippen LogP contribution >= 0.6 is 22.6 Å². The maximum atomic E-state index is 9.04. The molecule has 14 heavy (non-hydrogen) atoms. The van der Waals surface area contributed by atoms with Crippen LogP contribution in [0.15, 0.2) is 18.2 Å². The van der Waals surface area contributed by atoms with E-state index in [0.29, 0.717) is 0 Å². The van der Waals surface area contributed by atoms with E-state index in [1.54, 1.807) is 7.11 Å². The average molecular weight is 299 g/mol. The van der Waals surface area contributed by atoms with E-state index in [1.807, 2.05) is 12.1 Å². The van der Waals surface area contributed by atoms with E-state index in [2.05, 4.69) is 34.7 Å². The van der Waals surface area contributed by atoms with Gasteiger partial charge in [-0.1, -0.05) is 6.07 Å². The highest BCUT2D eigenvalue weighted by Gasteiger charge is 2.44. The van der Waals surface area contributed by atoms with Crippen LogP contribution in [0.25, 0.3) is 0 Å². The summed E-state index contributed by atoms with van der Waals surface area (Å²) in [5, 5.41) is 9.04. The molecule has 1 aromatic rings. The zero-order chi connectivity index (χ0) is 10.2. The second-order valence-corrected chi connectivity index (χ2v) is 4.71. The third-order valence-electron chi connectivity index (χ3n) is 2.67. The van der Waals surface area contributed by atoms with E-state index >= 15 is 0 Å². The maximum Gasteiger partial charge on any atom is 0.132 e. The third kappa shape index (κ3) is 1.48. The fraction of sp³-hybridized carbons (Fsp3) is 0.364. The van der Waals surface area contributed by atoms with Crippen LogP contribution < -0.4 is 4.74 Å². The molecule has 0 atom stereocenters. The quantitative estimate of drug-likeness (QED) is 0.787. The molecule has 1 aliphatic carbocycles. The zero-order valence-corrected chi connectivity index (χ0v) is 10.0. The largest absolute Gasteiger partial charge is 0.496 e. The van der Waals surface area contributed by atoms with Crippen LogP contribution in [0.5, 0.6) is 5.75 Å². The van der Waals surface area contributed by atoms with Gasteiger partial charge < -0.3 is 4.74 Å². The lowest BCUT2D eigenvalue weighted by Gasteiger charge is -2.09. The van der Waals surface area contributed by atoms with Crippen molar-refractivity contribution in [1.82, 2.24) is 0 Å². The smallest absolute Gasteiger partial charge is 0.132 e. The van der Waals surface area contributed by atoms with Crippen LogP contribution in [-0.4, -0.2) is 7.11 Å². The van der Waals surface area contributed by atoms with Crippen molar-refractivity contribution in [3.05, 3.63) is 27.3 Å². The van der Waals surface area contributed by atoms with E-state index in [0.717, 1.165) is 27.7 Å². The molecule has 1 saturated carbocycles. The summed E-state index contributed by atoms with van der Waals surface area (Å²) in [5.74, 6) is 0.878. The number of halogens is 1. The molecule has 0 aromatic heterocycles. The fourth-order valence-electron chi connectivity index (χ4n) is 1.55. The molecular formula is C11H10INO. The van der Waals surface area contributed by atoms with Crippen molar-refractivity contribution in [2.24, 2.45) is 0 Å². The first-order valence-corrected chi connectivity index (χ1v) is 5.55. The zero-order valence-electron chi connectivity index (χ0n) is 7.88. The van der Waals surface area contributed by atoms with Gasteiger partial charge in [0.15, 0.2) is 0 Å². The van der Waals surface area contributed by atoms with E-state index in [-0.39, 0.29) is 5.41 Å². The summed E-state index contributed by atoms with van der Waals surface area (Å²) in [6, 6.07) is 8.38. The average Bonchev–Trinajstić information content (AvgIpc) is 2.98.